The highest BCUT2D eigenvalue weighted by Gasteiger charge is 2.62. The lowest BCUT2D eigenvalue weighted by Gasteiger charge is -2.60. The van der Waals surface area contributed by atoms with Crippen molar-refractivity contribution in [2.45, 2.75) is 56.8 Å². The molecule has 4 saturated carbocycles. The normalized spacial score (nSPS) is 26.0. The van der Waals surface area contributed by atoms with Crippen molar-refractivity contribution in [1.29, 1.82) is 0 Å². The first-order valence-corrected chi connectivity index (χ1v) is 18.2. The van der Waals surface area contributed by atoms with Crippen LogP contribution in [0.5, 0.6) is 0 Å². The van der Waals surface area contributed by atoms with Gasteiger partial charge in [-0.3, -0.25) is 0 Å². The molecule has 49 heavy (non-hydrogen) atoms. The van der Waals surface area contributed by atoms with Crippen molar-refractivity contribution in [3.05, 3.63) is 132 Å². The minimum atomic E-state index is -0.108. The van der Waals surface area contributed by atoms with Gasteiger partial charge in [-0.25, -0.2) is 19.9 Å². The van der Waals surface area contributed by atoms with E-state index in [0.717, 1.165) is 28.7 Å². The van der Waals surface area contributed by atoms with Crippen molar-refractivity contribution in [3.63, 3.8) is 0 Å². The van der Waals surface area contributed by atoms with E-state index in [1.54, 1.807) is 0 Å². The van der Waals surface area contributed by atoms with E-state index in [-0.39, 0.29) is 10.8 Å². The van der Waals surface area contributed by atoms with E-state index in [0.29, 0.717) is 29.3 Å². The number of fused-ring (bicyclic) bond motifs is 6. The molecule has 1 spiro atoms. The van der Waals surface area contributed by atoms with Gasteiger partial charge < -0.3 is 0 Å². The molecule has 2 heterocycles. The zero-order valence-corrected chi connectivity index (χ0v) is 28.0. The van der Waals surface area contributed by atoms with Gasteiger partial charge in [-0.1, -0.05) is 111 Å². The Labute approximate surface area is 287 Å². The van der Waals surface area contributed by atoms with Gasteiger partial charge in [0.05, 0.1) is 5.69 Å². The second kappa shape index (κ2) is 9.81. The third-order valence-electron chi connectivity index (χ3n) is 13.1. The number of aromatic nitrogens is 4. The molecule has 0 atom stereocenters. The van der Waals surface area contributed by atoms with Crippen LogP contribution in [0.25, 0.3) is 56.5 Å². The molecule has 2 aromatic heterocycles. The van der Waals surface area contributed by atoms with Gasteiger partial charge in [0, 0.05) is 27.5 Å². The maximum atomic E-state index is 5.66. The predicted octanol–water partition coefficient (Wildman–Crippen LogP) is 10.3. The van der Waals surface area contributed by atoms with Crippen LogP contribution in [0.15, 0.2) is 109 Å². The first-order chi connectivity index (χ1) is 24.0. The van der Waals surface area contributed by atoms with Crippen LogP contribution in [0.4, 0.5) is 0 Å². The fourth-order valence-electron chi connectivity index (χ4n) is 11.3. The summed E-state index contributed by atoms with van der Waals surface area (Å²) in [5.74, 6) is 5.09. The third kappa shape index (κ3) is 3.75. The lowest BCUT2D eigenvalue weighted by Crippen LogP contribution is -2.55. The quantitative estimate of drug-likeness (QED) is 0.194. The molecule has 0 saturated heterocycles. The van der Waals surface area contributed by atoms with E-state index in [4.69, 9.17) is 19.9 Å². The molecule has 0 radical (unpaired) electrons. The smallest absolute Gasteiger partial charge is 0.182 e. The van der Waals surface area contributed by atoms with Crippen molar-refractivity contribution in [1.82, 2.24) is 19.9 Å². The fraction of sp³-hybridized carbons (Fsp3) is 0.289. The zero-order valence-electron chi connectivity index (χ0n) is 28.0. The molecular weight excluding hydrogens is 597 g/mol. The first-order valence-electron chi connectivity index (χ1n) is 18.2. The number of hydrogen-bond acceptors (Lipinski definition) is 4. The van der Waals surface area contributed by atoms with E-state index in [2.05, 4.69) is 117 Å². The molecule has 0 aliphatic heterocycles. The Morgan fingerprint density at radius 1 is 0.469 bits per heavy atom. The minimum Gasteiger partial charge on any atom is -0.248 e. The zero-order chi connectivity index (χ0) is 32.5. The van der Waals surface area contributed by atoms with Crippen molar-refractivity contribution in [2.75, 3.05) is 0 Å². The molecule has 4 bridgehead atoms. The van der Waals surface area contributed by atoms with Crippen LogP contribution >= 0.6 is 0 Å². The van der Waals surface area contributed by atoms with Gasteiger partial charge in [0.2, 0.25) is 0 Å². The second-order valence-corrected chi connectivity index (χ2v) is 15.9. The molecule has 0 amide bonds. The van der Waals surface area contributed by atoms with Gasteiger partial charge in [0.25, 0.3) is 0 Å². The Morgan fingerprint density at radius 2 is 1.04 bits per heavy atom. The predicted molar refractivity (Wildman–Crippen MR) is 195 cm³/mol. The standard InChI is InChI=1S/C45H38N4/c1-44(2)36-14-8-6-12-32(36)34-17-16-29(25-38(34)44)42-47-41(28-10-4-3-5-11-28)48-43(49-42)39-19-18-35-33-13-7-9-15-37(33)45(40(35)46-39)30-21-26-20-27(23-30)24-31(45)22-26/h3-19,25-27,30-31H,20-24H2,1-2H3. The topological polar surface area (TPSA) is 51.6 Å². The Balaban J connectivity index is 1.09. The van der Waals surface area contributed by atoms with E-state index < -0.39 is 0 Å². The lowest BCUT2D eigenvalue weighted by atomic mass is 9.43. The molecule has 6 aliphatic carbocycles. The molecule has 4 fully saturated rings. The van der Waals surface area contributed by atoms with Crippen LogP contribution in [0.3, 0.4) is 0 Å². The summed E-state index contributed by atoms with van der Waals surface area (Å²) in [5, 5.41) is 0. The summed E-state index contributed by atoms with van der Waals surface area (Å²) in [6.07, 6.45) is 6.77. The number of rotatable bonds is 3. The van der Waals surface area contributed by atoms with Gasteiger partial charge in [0.1, 0.15) is 5.69 Å². The minimum absolute atomic E-state index is 0.00590. The summed E-state index contributed by atoms with van der Waals surface area (Å²) >= 11 is 0. The van der Waals surface area contributed by atoms with Crippen molar-refractivity contribution < 1.29 is 0 Å². The van der Waals surface area contributed by atoms with Crippen molar-refractivity contribution in [3.8, 4) is 56.5 Å². The molecule has 238 valence electrons. The van der Waals surface area contributed by atoms with E-state index >= 15 is 0 Å². The fourth-order valence-corrected chi connectivity index (χ4v) is 11.3. The maximum absolute atomic E-state index is 5.66. The number of hydrogen-bond donors (Lipinski definition) is 0. The van der Waals surface area contributed by atoms with Crippen LogP contribution in [-0.4, -0.2) is 19.9 Å². The van der Waals surface area contributed by atoms with Gasteiger partial charge in [-0.05, 0) is 101 Å². The van der Waals surface area contributed by atoms with Crippen LogP contribution in [0.1, 0.15) is 68.3 Å². The molecule has 6 aromatic rings. The molecular formula is C45H38N4. The van der Waals surface area contributed by atoms with E-state index in [9.17, 15) is 0 Å². The Kier molecular flexibility index (Phi) is 5.60. The average Bonchev–Trinajstić information content (AvgIpc) is 3.56. The Bertz CT molecular complexity index is 2310. The van der Waals surface area contributed by atoms with E-state index in [1.165, 1.54) is 76.7 Å². The van der Waals surface area contributed by atoms with Gasteiger partial charge in [0.15, 0.2) is 17.5 Å². The summed E-state index contributed by atoms with van der Waals surface area (Å²) < 4.78 is 0. The number of pyridine rings is 1. The van der Waals surface area contributed by atoms with E-state index in [1.807, 2.05) is 6.07 Å². The van der Waals surface area contributed by atoms with Crippen LogP contribution < -0.4 is 0 Å². The highest BCUT2D eigenvalue weighted by Crippen LogP contribution is 2.69. The summed E-state index contributed by atoms with van der Waals surface area (Å²) in [4.78, 5) is 21.2. The van der Waals surface area contributed by atoms with Gasteiger partial charge in [-0.15, -0.1) is 0 Å². The Morgan fingerprint density at radius 3 is 1.78 bits per heavy atom. The van der Waals surface area contributed by atoms with Gasteiger partial charge >= 0.3 is 0 Å². The SMILES string of the molecule is CC1(C)c2ccccc2-c2ccc(-c3nc(-c4ccccc4)nc(-c4ccc5c(n4)C4(c6ccccc6-5)C5CC6CC(C5)CC4C6)n3)cc21. The highest BCUT2D eigenvalue weighted by molar-refractivity contribution is 5.84. The molecule has 4 nitrogen and oxygen atoms in total. The average molecular weight is 635 g/mol. The van der Waals surface area contributed by atoms with Crippen molar-refractivity contribution in [2.24, 2.45) is 23.7 Å². The second-order valence-electron chi connectivity index (χ2n) is 15.9. The third-order valence-corrected chi connectivity index (χ3v) is 13.1. The van der Waals surface area contributed by atoms with Crippen LogP contribution in [0, 0.1) is 23.7 Å². The largest absolute Gasteiger partial charge is 0.248 e. The maximum Gasteiger partial charge on any atom is 0.182 e. The molecule has 4 heteroatoms. The number of nitrogens with zero attached hydrogens (tertiary/aromatic N) is 4. The first kappa shape index (κ1) is 27.9. The lowest BCUT2D eigenvalue weighted by molar-refractivity contribution is -0.0415. The molecule has 0 unspecified atom stereocenters. The van der Waals surface area contributed by atoms with Crippen LogP contribution in [-0.2, 0) is 10.8 Å². The van der Waals surface area contributed by atoms with Gasteiger partial charge in [-0.2, -0.15) is 0 Å². The molecule has 12 rings (SSSR count). The van der Waals surface area contributed by atoms with Crippen molar-refractivity contribution >= 4 is 0 Å². The monoisotopic (exact) mass is 634 g/mol. The summed E-state index contributed by atoms with van der Waals surface area (Å²) in [5.41, 5.74) is 13.5. The summed E-state index contributed by atoms with van der Waals surface area (Å²) in [6, 6.07) is 39.5. The summed E-state index contributed by atoms with van der Waals surface area (Å²) in [7, 11) is 0. The van der Waals surface area contributed by atoms with Crippen LogP contribution in [0.2, 0.25) is 0 Å². The molecule has 0 N–H and O–H groups in total. The number of benzene rings is 4. The highest BCUT2D eigenvalue weighted by atomic mass is 15.0. The summed E-state index contributed by atoms with van der Waals surface area (Å²) in [6.45, 7) is 4.64. The molecule has 4 aromatic carbocycles. The molecule has 6 aliphatic rings. The Hall–Kier alpha value is -4.96.